The molecule has 1 fully saturated rings. The minimum absolute atomic E-state index is 0.119. The molecule has 0 bridgehead atoms. The third-order valence-electron chi connectivity index (χ3n) is 4.86. The Bertz CT molecular complexity index is 797. The number of anilines is 1. The highest BCUT2D eigenvalue weighted by Gasteiger charge is 2.38. The van der Waals surface area contributed by atoms with Gasteiger partial charge >= 0.3 is 5.97 Å². The summed E-state index contributed by atoms with van der Waals surface area (Å²) in [5.41, 5.74) is 1.06. The van der Waals surface area contributed by atoms with Gasteiger partial charge in [-0.25, -0.2) is 13.2 Å². The van der Waals surface area contributed by atoms with Gasteiger partial charge in [0.15, 0.2) is 0 Å². The molecular formula is C17H22N2O5S. The Hall–Kier alpha value is -1.93. The van der Waals surface area contributed by atoms with E-state index in [0.29, 0.717) is 24.3 Å². The Morgan fingerprint density at radius 3 is 2.32 bits per heavy atom. The summed E-state index contributed by atoms with van der Waals surface area (Å²) in [5, 5.41) is 9.35. The van der Waals surface area contributed by atoms with Gasteiger partial charge in [-0.2, -0.15) is 4.31 Å². The molecule has 0 spiro atoms. The van der Waals surface area contributed by atoms with E-state index in [2.05, 4.69) is 0 Å². The summed E-state index contributed by atoms with van der Waals surface area (Å²) in [6.45, 7) is 2.33. The van der Waals surface area contributed by atoms with Crippen molar-refractivity contribution >= 4 is 27.6 Å². The molecule has 1 amide bonds. The van der Waals surface area contributed by atoms with Crippen LogP contribution in [0.25, 0.3) is 0 Å². The average Bonchev–Trinajstić information content (AvgIpc) is 2.73. The van der Waals surface area contributed by atoms with Gasteiger partial charge in [-0.15, -0.1) is 0 Å². The number of carboxylic acid groups (broad SMARTS) is 1. The smallest absolute Gasteiger partial charge is 0.327 e. The lowest BCUT2D eigenvalue weighted by atomic mass is 10.1. The number of carboxylic acids is 1. The summed E-state index contributed by atoms with van der Waals surface area (Å²) < 4.78 is 27.3. The largest absolute Gasteiger partial charge is 0.480 e. The zero-order valence-electron chi connectivity index (χ0n) is 14.1. The number of carbonyl (C=O) groups is 2. The third-order valence-corrected chi connectivity index (χ3v) is 6.76. The standard InChI is InChI=1S/C17H22N2O5S/c1-12(20)19-15-7-6-14(10-13(15)11-16(19)17(21)22)25(23,24)18-8-4-2-3-5-9-18/h6-7,10,16H,2-5,8-9,11H2,1H3,(H,21,22)/t16-/m0/s1. The lowest BCUT2D eigenvalue weighted by Gasteiger charge is -2.22. The van der Waals surface area contributed by atoms with Crippen molar-refractivity contribution in [1.82, 2.24) is 4.31 Å². The Morgan fingerprint density at radius 2 is 1.76 bits per heavy atom. The predicted octanol–water partition coefficient (Wildman–Crippen LogP) is 1.61. The third kappa shape index (κ3) is 3.28. The number of hydrogen-bond donors (Lipinski definition) is 1. The Kier molecular flexibility index (Phi) is 4.83. The van der Waals surface area contributed by atoms with Gasteiger partial charge in [-0.1, -0.05) is 12.8 Å². The van der Waals surface area contributed by atoms with Gasteiger partial charge in [0.1, 0.15) is 6.04 Å². The molecule has 136 valence electrons. The Balaban J connectivity index is 1.96. The van der Waals surface area contributed by atoms with E-state index in [1.165, 1.54) is 28.3 Å². The highest BCUT2D eigenvalue weighted by molar-refractivity contribution is 7.89. The van der Waals surface area contributed by atoms with E-state index in [1.54, 1.807) is 6.07 Å². The molecule has 0 saturated carbocycles. The molecule has 0 unspecified atom stereocenters. The van der Waals surface area contributed by atoms with E-state index in [9.17, 15) is 23.1 Å². The molecule has 25 heavy (non-hydrogen) atoms. The van der Waals surface area contributed by atoms with Crippen LogP contribution in [0.5, 0.6) is 0 Å². The van der Waals surface area contributed by atoms with E-state index in [4.69, 9.17) is 0 Å². The van der Waals surface area contributed by atoms with Gasteiger partial charge in [0, 0.05) is 32.1 Å². The van der Waals surface area contributed by atoms with Crippen LogP contribution in [0.3, 0.4) is 0 Å². The first-order valence-corrected chi connectivity index (χ1v) is 9.92. The maximum absolute atomic E-state index is 12.9. The summed E-state index contributed by atoms with van der Waals surface area (Å²) in [7, 11) is -3.60. The number of rotatable bonds is 3. The van der Waals surface area contributed by atoms with Crippen LogP contribution in [-0.4, -0.2) is 48.8 Å². The van der Waals surface area contributed by atoms with E-state index < -0.39 is 22.0 Å². The molecule has 8 heteroatoms. The molecule has 1 N–H and O–H groups in total. The second-order valence-corrected chi connectivity index (χ2v) is 8.49. The molecule has 0 aliphatic carbocycles. The molecule has 1 aromatic carbocycles. The van der Waals surface area contributed by atoms with E-state index in [0.717, 1.165) is 25.7 Å². The van der Waals surface area contributed by atoms with E-state index in [1.807, 2.05) is 0 Å². The molecule has 0 aromatic heterocycles. The van der Waals surface area contributed by atoms with Crippen molar-refractivity contribution in [2.75, 3.05) is 18.0 Å². The van der Waals surface area contributed by atoms with Crippen LogP contribution in [-0.2, 0) is 26.0 Å². The molecule has 1 aromatic rings. The fraction of sp³-hybridized carbons (Fsp3) is 0.529. The van der Waals surface area contributed by atoms with Crippen molar-refractivity contribution in [1.29, 1.82) is 0 Å². The van der Waals surface area contributed by atoms with Crippen LogP contribution in [0.4, 0.5) is 5.69 Å². The van der Waals surface area contributed by atoms with Crippen molar-refractivity contribution in [3.8, 4) is 0 Å². The van der Waals surface area contributed by atoms with Crippen LogP contribution in [0.1, 0.15) is 38.2 Å². The van der Waals surface area contributed by atoms with Gasteiger partial charge in [0.25, 0.3) is 0 Å². The highest BCUT2D eigenvalue weighted by Crippen LogP contribution is 2.35. The summed E-state index contributed by atoms with van der Waals surface area (Å²) in [5.74, 6) is -1.46. The van der Waals surface area contributed by atoms with Gasteiger partial charge < -0.3 is 5.11 Å². The molecule has 1 atom stereocenters. The predicted molar refractivity (Wildman–Crippen MR) is 92.0 cm³/mol. The fourth-order valence-electron chi connectivity index (χ4n) is 3.61. The van der Waals surface area contributed by atoms with E-state index in [-0.39, 0.29) is 17.2 Å². The number of amides is 1. The topological polar surface area (TPSA) is 95.0 Å². The molecular weight excluding hydrogens is 344 g/mol. The summed E-state index contributed by atoms with van der Waals surface area (Å²) in [6, 6.07) is 3.56. The maximum atomic E-state index is 12.9. The number of hydrogen-bond acceptors (Lipinski definition) is 4. The first kappa shape index (κ1) is 17.9. The minimum atomic E-state index is -3.60. The lowest BCUT2D eigenvalue weighted by molar-refractivity contribution is -0.139. The van der Waals surface area contributed by atoms with Gasteiger partial charge in [0.2, 0.25) is 15.9 Å². The maximum Gasteiger partial charge on any atom is 0.327 e. The SMILES string of the molecule is CC(=O)N1c2ccc(S(=O)(=O)N3CCCCCC3)cc2C[C@H]1C(=O)O. The lowest BCUT2D eigenvalue weighted by Crippen LogP contribution is -2.41. The van der Waals surface area contributed by atoms with Crippen LogP contribution < -0.4 is 4.90 Å². The fourth-order valence-corrected chi connectivity index (χ4v) is 5.17. The number of benzene rings is 1. The Morgan fingerprint density at radius 1 is 1.12 bits per heavy atom. The zero-order chi connectivity index (χ0) is 18.2. The molecule has 0 radical (unpaired) electrons. The van der Waals surface area contributed by atoms with Crippen LogP contribution in [0.15, 0.2) is 23.1 Å². The first-order chi connectivity index (χ1) is 11.8. The molecule has 2 aliphatic heterocycles. The van der Waals surface area contributed by atoms with Crippen molar-refractivity contribution in [3.05, 3.63) is 23.8 Å². The zero-order valence-corrected chi connectivity index (χ0v) is 15.0. The first-order valence-electron chi connectivity index (χ1n) is 8.48. The number of nitrogens with zero attached hydrogens (tertiary/aromatic N) is 2. The summed E-state index contributed by atoms with van der Waals surface area (Å²) >= 11 is 0. The summed E-state index contributed by atoms with van der Waals surface area (Å²) in [4.78, 5) is 24.7. The Labute approximate surface area is 147 Å². The van der Waals surface area contributed by atoms with Crippen molar-refractivity contribution in [2.45, 2.75) is 50.0 Å². The number of aliphatic carboxylic acids is 1. The minimum Gasteiger partial charge on any atom is -0.480 e. The van der Waals surface area contributed by atoms with Crippen molar-refractivity contribution in [3.63, 3.8) is 0 Å². The highest BCUT2D eigenvalue weighted by atomic mass is 32.2. The van der Waals surface area contributed by atoms with E-state index >= 15 is 0 Å². The molecule has 7 nitrogen and oxygen atoms in total. The van der Waals surface area contributed by atoms with Crippen LogP contribution in [0.2, 0.25) is 0 Å². The number of fused-ring (bicyclic) bond motifs is 1. The number of carbonyl (C=O) groups excluding carboxylic acids is 1. The molecule has 1 saturated heterocycles. The van der Waals surface area contributed by atoms with Gasteiger partial charge in [0.05, 0.1) is 4.90 Å². The molecule has 2 heterocycles. The van der Waals surface area contributed by atoms with Crippen LogP contribution in [0, 0.1) is 0 Å². The van der Waals surface area contributed by atoms with Gasteiger partial charge in [-0.3, -0.25) is 9.69 Å². The number of sulfonamides is 1. The average molecular weight is 366 g/mol. The monoisotopic (exact) mass is 366 g/mol. The van der Waals surface area contributed by atoms with Gasteiger partial charge in [-0.05, 0) is 36.6 Å². The molecule has 2 aliphatic rings. The second-order valence-electron chi connectivity index (χ2n) is 6.56. The normalized spacial score (nSPS) is 21.6. The quantitative estimate of drug-likeness (QED) is 0.877. The van der Waals surface area contributed by atoms with Crippen LogP contribution >= 0.6 is 0 Å². The second kappa shape index (κ2) is 6.76. The van der Waals surface area contributed by atoms with Crippen molar-refractivity contribution < 1.29 is 23.1 Å². The molecule has 3 rings (SSSR count). The van der Waals surface area contributed by atoms with Crippen molar-refractivity contribution in [2.24, 2.45) is 0 Å². The summed E-state index contributed by atoms with van der Waals surface area (Å²) in [6.07, 6.45) is 3.88.